The van der Waals surface area contributed by atoms with Gasteiger partial charge in [0.15, 0.2) is 0 Å². The third-order valence-electron chi connectivity index (χ3n) is 3.82. The molecule has 0 fully saturated rings. The molecule has 25 heavy (non-hydrogen) atoms. The third kappa shape index (κ3) is 4.67. The lowest BCUT2D eigenvalue weighted by Gasteiger charge is -2.19. The second-order valence-electron chi connectivity index (χ2n) is 5.65. The van der Waals surface area contributed by atoms with E-state index in [2.05, 4.69) is 26.2 Å². The van der Waals surface area contributed by atoms with Crippen molar-refractivity contribution in [1.29, 1.82) is 0 Å². The van der Waals surface area contributed by atoms with E-state index in [1.807, 2.05) is 78.7 Å². The Morgan fingerprint density at radius 2 is 1.72 bits per heavy atom. The summed E-state index contributed by atoms with van der Waals surface area (Å²) < 4.78 is 0.997. The monoisotopic (exact) mass is 395 g/mol. The van der Waals surface area contributed by atoms with Gasteiger partial charge in [-0.3, -0.25) is 4.79 Å². The number of carbonyl (C=O) groups excluding carboxylic acids is 1. The van der Waals surface area contributed by atoms with Crippen LogP contribution in [0.25, 0.3) is 0 Å². The first kappa shape index (κ1) is 17.2. The van der Waals surface area contributed by atoms with E-state index in [-0.39, 0.29) is 5.91 Å². The van der Waals surface area contributed by atoms with Gasteiger partial charge in [-0.25, -0.2) is 4.98 Å². The maximum absolute atomic E-state index is 12.1. The zero-order valence-corrected chi connectivity index (χ0v) is 15.4. The lowest BCUT2D eigenvalue weighted by Crippen LogP contribution is -2.15. The van der Waals surface area contributed by atoms with Crippen LogP contribution in [0.2, 0.25) is 0 Å². The molecule has 1 aromatic heterocycles. The molecule has 2 aromatic carbocycles. The van der Waals surface area contributed by atoms with E-state index < -0.39 is 0 Å². The lowest BCUT2D eigenvalue weighted by atomic mass is 10.1. The van der Waals surface area contributed by atoms with Crippen LogP contribution in [0.4, 0.5) is 17.2 Å². The minimum Gasteiger partial charge on any atom is -0.343 e. The number of nitrogens with one attached hydrogen (secondary N) is 1. The highest BCUT2D eigenvalue weighted by molar-refractivity contribution is 9.10. The Labute approximate surface area is 155 Å². The molecule has 0 saturated carbocycles. The van der Waals surface area contributed by atoms with Gasteiger partial charge in [-0.2, -0.15) is 0 Å². The highest BCUT2D eigenvalue weighted by Gasteiger charge is 2.07. The van der Waals surface area contributed by atoms with E-state index in [1.54, 1.807) is 6.20 Å². The topological polar surface area (TPSA) is 45.2 Å². The van der Waals surface area contributed by atoms with Crippen LogP contribution in [0.5, 0.6) is 0 Å². The molecule has 0 aliphatic heterocycles. The van der Waals surface area contributed by atoms with E-state index in [0.29, 0.717) is 12.2 Å². The Bertz CT molecular complexity index is 833. The molecule has 3 aromatic rings. The van der Waals surface area contributed by atoms with Gasteiger partial charge < -0.3 is 10.2 Å². The summed E-state index contributed by atoms with van der Waals surface area (Å²) in [4.78, 5) is 18.5. The fourth-order valence-corrected chi connectivity index (χ4v) is 2.70. The molecule has 0 aliphatic carbocycles. The van der Waals surface area contributed by atoms with Gasteiger partial charge in [0.1, 0.15) is 5.82 Å². The predicted octanol–water partition coefficient (Wildman–Crippen LogP) is 4.79. The smallest absolute Gasteiger partial charge is 0.229 e. The Morgan fingerprint density at radius 1 is 1.00 bits per heavy atom. The summed E-state index contributed by atoms with van der Waals surface area (Å²) in [6.45, 7) is 0. The van der Waals surface area contributed by atoms with E-state index in [9.17, 15) is 4.79 Å². The number of aromatic nitrogens is 1. The summed E-state index contributed by atoms with van der Waals surface area (Å²) in [6, 6.07) is 21.5. The number of amides is 1. The Balaban J connectivity index is 1.62. The van der Waals surface area contributed by atoms with Crippen molar-refractivity contribution in [2.45, 2.75) is 6.42 Å². The molecule has 3 rings (SSSR count). The van der Waals surface area contributed by atoms with Crippen LogP contribution < -0.4 is 10.2 Å². The zero-order valence-electron chi connectivity index (χ0n) is 13.8. The van der Waals surface area contributed by atoms with Gasteiger partial charge in [0.05, 0.1) is 18.3 Å². The molecule has 0 bridgehead atoms. The maximum atomic E-state index is 12.1. The lowest BCUT2D eigenvalue weighted by molar-refractivity contribution is -0.115. The molecule has 0 atom stereocenters. The first-order valence-electron chi connectivity index (χ1n) is 7.91. The van der Waals surface area contributed by atoms with Crippen LogP contribution in [0, 0.1) is 0 Å². The van der Waals surface area contributed by atoms with E-state index in [0.717, 1.165) is 21.4 Å². The Kier molecular flexibility index (Phi) is 5.46. The summed E-state index contributed by atoms with van der Waals surface area (Å²) in [5.41, 5.74) is 2.99. The highest BCUT2D eigenvalue weighted by Crippen LogP contribution is 2.23. The van der Waals surface area contributed by atoms with Crippen LogP contribution >= 0.6 is 15.9 Å². The number of hydrogen-bond acceptors (Lipinski definition) is 3. The summed E-state index contributed by atoms with van der Waals surface area (Å²) in [5, 5.41) is 2.83. The summed E-state index contributed by atoms with van der Waals surface area (Å²) in [7, 11) is 1.98. The molecule has 0 radical (unpaired) electrons. The Morgan fingerprint density at radius 3 is 2.36 bits per heavy atom. The molecule has 1 N–H and O–H groups in total. The fourth-order valence-electron chi connectivity index (χ4n) is 2.43. The first-order chi connectivity index (χ1) is 12.1. The average Bonchev–Trinajstić information content (AvgIpc) is 2.64. The van der Waals surface area contributed by atoms with Gasteiger partial charge in [0.2, 0.25) is 5.91 Å². The second-order valence-corrected chi connectivity index (χ2v) is 6.56. The van der Waals surface area contributed by atoms with Crippen molar-refractivity contribution in [3.05, 3.63) is 83.0 Å². The Hall–Kier alpha value is -2.66. The molecule has 0 spiro atoms. The third-order valence-corrected chi connectivity index (χ3v) is 4.35. The summed E-state index contributed by atoms with van der Waals surface area (Å²) >= 11 is 3.39. The largest absolute Gasteiger partial charge is 0.343 e. The van der Waals surface area contributed by atoms with E-state index in [4.69, 9.17) is 0 Å². The molecule has 0 unspecified atom stereocenters. The van der Waals surface area contributed by atoms with Crippen molar-refractivity contribution in [1.82, 2.24) is 4.98 Å². The van der Waals surface area contributed by atoms with Gasteiger partial charge >= 0.3 is 0 Å². The van der Waals surface area contributed by atoms with Crippen molar-refractivity contribution in [3.8, 4) is 0 Å². The first-order valence-corrected chi connectivity index (χ1v) is 8.70. The van der Waals surface area contributed by atoms with Gasteiger partial charge in [-0.1, -0.05) is 46.3 Å². The predicted molar refractivity (Wildman–Crippen MR) is 105 cm³/mol. The number of halogens is 1. The second kappa shape index (κ2) is 7.94. The summed E-state index contributed by atoms with van der Waals surface area (Å²) in [6.07, 6.45) is 2.07. The number of para-hydroxylation sites is 1. The normalized spacial score (nSPS) is 10.3. The molecule has 1 heterocycles. The van der Waals surface area contributed by atoms with E-state index >= 15 is 0 Å². The standard InChI is InChI=1S/C20H18BrN3O/c1-24(17-5-3-2-4-6-17)18-11-12-19(22-14-18)23-20(25)13-15-7-9-16(21)10-8-15/h2-12,14H,13H2,1H3,(H,22,23,25). The van der Waals surface area contributed by atoms with Gasteiger partial charge in [-0.05, 0) is 42.0 Å². The van der Waals surface area contributed by atoms with Crippen molar-refractivity contribution in [2.24, 2.45) is 0 Å². The van der Waals surface area contributed by atoms with Gasteiger partial charge in [-0.15, -0.1) is 0 Å². The molecule has 5 heteroatoms. The molecular formula is C20H18BrN3O. The van der Waals surface area contributed by atoms with Crippen molar-refractivity contribution in [3.63, 3.8) is 0 Å². The number of benzene rings is 2. The van der Waals surface area contributed by atoms with Crippen LogP contribution in [-0.2, 0) is 11.2 Å². The summed E-state index contributed by atoms with van der Waals surface area (Å²) in [5.74, 6) is 0.464. The quantitative estimate of drug-likeness (QED) is 0.674. The van der Waals surface area contributed by atoms with E-state index in [1.165, 1.54) is 0 Å². The number of pyridine rings is 1. The number of carbonyl (C=O) groups is 1. The van der Waals surface area contributed by atoms with Gasteiger partial charge in [0, 0.05) is 17.2 Å². The number of hydrogen-bond donors (Lipinski definition) is 1. The number of rotatable bonds is 5. The SMILES string of the molecule is CN(c1ccccc1)c1ccc(NC(=O)Cc2ccc(Br)cc2)nc1. The van der Waals surface area contributed by atoms with Crippen molar-refractivity contribution >= 4 is 39.0 Å². The fraction of sp³-hybridized carbons (Fsp3) is 0.100. The van der Waals surface area contributed by atoms with Gasteiger partial charge in [0.25, 0.3) is 0 Å². The number of nitrogens with zero attached hydrogens (tertiary/aromatic N) is 2. The molecular weight excluding hydrogens is 378 g/mol. The molecule has 0 aliphatic rings. The molecule has 0 saturated heterocycles. The number of anilines is 3. The minimum atomic E-state index is -0.0843. The van der Waals surface area contributed by atoms with Crippen LogP contribution in [0.15, 0.2) is 77.4 Å². The van der Waals surface area contributed by atoms with Crippen LogP contribution in [0.1, 0.15) is 5.56 Å². The van der Waals surface area contributed by atoms with Crippen LogP contribution in [-0.4, -0.2) is 17.9 Å². The zero-order chi connectivity index (χ0) is 17.6. The maximum Gasteiger partial charge on any atom is 0.229 e. The highest BCUT2D eigenvalue weighted by atomic mass is 79.9. The van der Waals surface area contributed by atoms with Crippen molar-refractivity contribution in [2.75, 3.05) is 17.3 Å². The molecule has 4 nitrogen and oxygen atoms in total. The van der Waals surface area contributed by atoms with Crippen molar-refractivity contribution < 1.29 is 4.79 Å². The minimum absolute atomic E-state index is 0.0843. The average molecular weight is 396 g/mol. The molecule has 126 valence electrons. The molecule has 1 amide bonds. The van der Waals surface area contributed by atoms with Crippen LogP contribution in [0.3, 0.4) is 0 Å².